The van der Waals surface area contributed by atoms with Gasteiger partial charge in [0.15, 0.2) is 0 Å². The number of nitrogens with zero attached hydrogens (tertiary/aromatic N) is 2. The molecule has 0 saturated carbocycles. The van der Waals surface area contributed by atoms with Crippen molar-refractivity contribution in [3.05, 3.63) is 28.5 Å². The van der Waals surface area contributed by atoms with Crippen LogP contribution >= 0.6 is 11.6 Å². The molecule has 7 heteroatoms. The zero-order chi connectivity index (χ0) is 17.8. The maximum absolute atomic E-state index is 12.4. The number of carbonyl (C=O) groups excluding carboxylic acids is 2. The van der Waals surface area contributed by atoms with Crippen molar-refractivity contribution >= 4 is 23.5 Å². The fraction of sp³-hybridized carbons (Fsp3) is 0.611. The predicted octanol–water partition coefficient (Wildman–Crippen LogP) is 2.80. The van der Waals surface area contributed by atoms with Crippen LogP contribution < -0.4 is 0 Å². The van der Waals surface area contributed by atoms with Crippen LogP contribution in [-0.2, 0) is 14.3 Å². The van der Waals surface area contributed by atoms with Gasteiger partial charge in [-0.2, -0.15) is 0 Å². The van der Waals surface area contributed by atoms with E-state index in [9.17, 15) is 9.59 Å². The van der Waals surface area contributed by atoms with Gasteiger partial charge in [-0.15, -0.1) is 0 Å². The van der Waals surface area contributed by atoms with E-state index in [1.165, 1.54) is 0 Å². The lowest BCUT2D eigenvalue weighted by Gasteiger charge is -2.33. The molecule has 2 saturated heterocycles. The molecule has 2 aliphatic heterocycles. The number of piperidine rings is 1. The Morgan fingerprint density at radius 1 is 1.36 bits per heavy atom. The van der Waals surface area contributed by atoms with Crippen LogP contribution in [0.2, 0.25) is 5.02 Å². The van der Waals surface area contributed by atoms with Gasteiger partial charge >= 0.3 is 5.97 Å². The first kappa shape index (κ1) is 18.1. The van der Waals surface area contributed by atoms with Crippen LogP contribution in [0.25, 0.3) is 0 Å². The zero-order valence-corrected chi connectivity index (χ0v) is 15.1. The number of hydrogen-bond donors (Lipinski definition) is 0. The summed E-state index contributed by atoms with van der Waals surface area (Å²) in [5.41, 5.74) is 1.14. The van der Waals surface area contributed by atoms with Crippen molar-refractivity contribution in [2.45, 2.75) is 44.6 Å². The molecule has 2 fully saturated rings. The number of esters is 1. The minimum atomic E-state index is -0.398. The summed E-state index contributed by atoms with van der Waals surface area (Å²) in [4.78, 5) is 30.9. The SMILES string of the molecule is CCOC(=O)c1cc(Cl)cnc1C1CCN(C(=O)C2CCCO2)CC1. The molecule has 25 heavy (non-hydrogen) atoms. The van der Waals surface area contributed by atoms with Crippen molar-refractivity contribution in [1.29, 1.82) is 0 Å². The Hall–Kier alpha value is -1.66. The molecule has 0 aromatic carbocycles. The average Bonchev–Trinajstić information content (AvgIpc) is 3.16. The highest BCUT2D eigenvalue weighted by Crippen LogP contribution is 2.31. The summed E-state index contributed by atoms with van der Waals surface area (Å²) in [7, 11) is 0. The molecule has 1 aromatic rings. The van der Waals surface area contributed by atoms with Crippen molar-refractivity contribution in [1.82, 2.24) is 9.88 Å². The molecule has 6 nitrogen and oxygen atoms in total. The van der Waals surface area contributed by atoms with E-state index < -0.39 is 5.97 Å². The standard InChI is InChI=1S/C18H23ClN2O4/c1-2-24-18(23)14-10-13(19)11-20-16(14)12-5-7-21(8-6-12)17(22)15-4-3-9-25-15/h10-12,15H,2-9H2,1H3. The summed E-state index contributed by atoms with van der Waals surface area (Å²) in [6.45, 7) is 4.04. The summed E-state index contributed by atoms with van der Waals surface area (Å²) in [6, 6.07) is 1.62. The van der Waals surface area contributed by atoms with Crippen LogP contribution in [0.15, 0.2) is 12.3 Å². The van der Waals surface area contributed by atoms with Crippen molar-refractivity contribution in [2.75, 3.05) is 26.3 Å². The molecule has 0 aliphatic carbocycles. The number of ether oxygens (including phenoxy) is 2. The van der Waals surface area contributed by atoms with Gasteiger partial charge in [0.1, 0.15) is 6.10 Å². The van der Waals surface area contributed by atoms with Gasteiger partial charge in [-0.05, 0) is 38.7 Å². The number of rotatable bonds is 4. The molecule has 0 spiro atoms. The molecule has 1 aromatic heterocycles. The van der Waals surface area contributed by atoms with Crippen molar-refractivity contribution in [2.24, 2.45) is 0 Å². The minimum Gasteiger partial charge on any atom is -0.462 e. The van der Waals surface area contributed by atoms with E-state index >= 15 is 0 Å². The van der Waals surface area contributed by atoms with Gasteiger partial charge in [-0.3, -0.25) is 9.78 Å². The van der Waals surface area contributed by atoms with E-state index in [1.807, 2.05) is 4.90 Å². The molecule has 0 N–H and O–H groups in total. The van der Waals surface area contributed by atoms with E-state index in [1.54, 1.807) is 19.2 Å². The van der Waals surface area contributed by atoms with Gasteiger partial charge in [0.25, 0.3) is 5.91 Å². The Morgan fingerprint density at radius 3 is 2.76 bits per heavy atom. The van der Waals surface area contributed by atoms with Crippen LogP contribution in [-0.4, -0.2) is 54.2 Å². The Kier molecular flexibility index (Phi) is 5.91. The number of aromatic nitrogens is 1. The van der Waals surface area contributed by atoms with Gasteiger partial charge in [0.2, 0.25) is 0 Å². The van der Waals surface area contributed by atoms with E-state index in [0.717, 1.165) is 25.7 Å². The first-order valence-electron chi connectivity index (χ1n) is 8.83. The summed E-state index contributed by atoms with van der Waals surface area (Å²) in [6.07, 6.45) is 4.57. The molecule has 0 bridgehead atoms. The number of carbonyl (C=O) groups is 2. The summed E-state index contributed by atoms with van der Waals surface area (Å²) in [5, 5.41) is 0.415. The topological polar surface area (TPSA) is 68.7 Å². The Morgan fingerprint density at radius 2 is 2.12 bits per heavy atom. The number of amides is 1. The summed E-state index contributed by atoms with van der Waals surface area (Å²) in [5.74, 6) is -0.193. The van der Waals surface area contributed by atoms with E-state index in [2.05, 4.69) is 4.98 Å². The summed E-state index contributed by atoms with van der Waals surface area (Å²) >= 11 is 6.00. The van der Waals surface area contributed by atoms with Crippen LogP contribution in [0.5, 0.6) is 0 Å². The normalized spacial score (nSPS) is 21.4. The molecule has 1 amide bonds. The second-order valence-corrected chi connectivity index (χ2v) is 6.84. The third-order valence-corrected chi connectivity index (χ3v) is 4.99. The number of likely N-dealkylation sites (tertiary alicyclic amines) is 1. The average molecular weight is 367 g/mol. The first-order chi connectivity index (χ1) is 12.1. The fourth-order valence-electron chi connectivity index (χ4n) is 3.50. The number of halogens is 1. The lowest BCUT2D eigenvalue weighted by atomic mass is 9.90. The van der Waals surface area contributed by atoms with Crippen LogP contribution in [0.4, 0.5) is 0 Å². The van der Waals surface area contributed by atoms with Gasteiger partial charge in [-0.25, -0.2) is 4.79 Å². The molecule has 3 rings (SSSR count). The molecule has 0 radical (unpaired) electrons. The van der Waals surface area contributed by atoms with Gasteiger partial charge in [0, 0.05) is 31.8 Å². The maximum atomic E-state index is 12.4. The van der Waals surface area contributed by atoms with Crippen molar-refractivity contribution in [3.63, 3.8) is 0 Å². The molecule has 1 atom stereocenters. The van der Waals surface area contributed by atoms with Crippen LogP contribution in [0.1, 0.15) is 54.6 Å². The zero-order valence-electron chi connectivity index (χ0n) is 14.4. The van der Waals surface area contributed by atoms with Gasteiger partial charge < -0.3 is 14.4 Å². The Bertz CT molecular complexity index is 638. The Balaban J connectivity index is 1.68. The highest BCUT2D eigenvalue weighted by Gasteiger charge is 2.32. The molecular formula is C18H23ClN2O4. The second-order valence-electron chi connectivity index (χ2n) is 6.41. The number of pyridine rings is 1. The lowest BCUT2D eigenvalue weighted by Crippen LogP contribution is -2.43. The predicted molar refractivity (Wildman–Crippen MR) is 92.7 cm³/mol. The van der Waals surface area contributed by atoms with Crippen LogP contribution in [0.3, 0.4) is 0 Å². The third kappa shape index (κ3) is 4.12. The number of hydrogen-bond acceptors (Lipinski definition) is 5. The maximum Gasteiger partial charge on any atom is 0.340 e. The Labute approximate surface area is 152 Å². The monoisotopic (exact) mass is 366 g/mol. The van der Waals surface area contributed by atoms with E-state index in [0.29, 0.717) is 42.6 Å². The largest absolute Gasteiger partial charge is 0.462 e. The first-order valence-corrected chi connectivity index (χ1v) is 9.21. The van der Waals surface area contributed by atoms with Gasteiger partial charge in [-0.1, -0.05) is 11.6 Å². The highest BCUT2D eigenvalue weighted by molar-refractivity contribution is 6.30. The molecule has 2 aliphatic rings. The second kappa shape index (κ2) is 8.15. The molecule has 136 valence electrons. The van der Waals surface area contributed by atoms with E-state index in [-0.39, 0.29) is 17.9 Å². The summed E-state index contributed by atoms with van der Waals surface area (Å²) < 4.78 is 10.6. The molecule has 1 unspecified atom stereocenters. The van der Waals surface area contributed by atoms with Crippen molar-refractivity contribution in [3.8, 4) is 0 Å². The highest BCUT2D eigenvalue weighted by atomic mass is 35.5. The fourth-order valence-corrected chi connectivity index (χ4v) is 3.65. The minimum absolute atomic E-state index is 0.0885. The van der Waals surface area contributed by atoms with Crippen LogP contribution in [0, 0.1) is 0 Å². The van der Waals surface area contributed by atoms with Gasteiger partial charge in [0.05, 0.1) is 22.9 Å². The van der Waals surface area contributed by atoms with Crippen molar-refractivity contribution < 1.29 is 19.1 Å². The third-order valence-electron chi connectivity index (χ3n) is 4.78. The quantitative estimate of drug-likeness (QED) is 0.766. The lowest BCUT2D eigenvalue weighted by molar-refractivity contribution is -0.142. The molecule has 3 heterocycles. The smallest absolute Gasteiger partial charge is 0.340 e. The van der Waals surface area contributed by atoms with E-state index in [4.69, 9.17) is 21.1 Å². The molecular weight excluding hydrogens is 344 g/mol.